The Bertz CT molecular complexity index is 1260. The first-order chi connectivity index (χ1) is 16.1. The van der Waals surface area contributed by atoms with Crippen LogP contribution in [-0.2, 0) is 11.3 Å². The van der Waals surface area contributed by atoms with Crippen LogP contribution >= 0.6 is 0 Å². The molecule has 0 aliphatic carbocycles. The molecule has 0 aliphatic rings. The number of hydrogen-bond acceptors (Lipinski definition) is 7. The lowest BCUT2D eigenvalue weighted by molar-refractivity contribution is -0.121. The highest BCUT2D eigenvalue weighted by atomic mass is 16.5. The number of unbranched alkanes of at least 4 members (excludes halogenated alkanes) is 1. The molecule has 0 unspecified atom stereocenters. The van der Waals surface area contributed by atoms with E-state index in [1.807, 2.05) is 53.8 Å². The fourth-order valence-corrected chi connectivity index (χ4v) is 3.72. The Labute approximate surface area is 192 Å². The summed E-state index contributed by atoms with van der Waals surface area (Å²) in [5.74, 6) is 2.67. The molecule has 0 spiro atoms. The third-order valence-electron chi connectivity index (χ3n) is 5.45. The van der Waals surface area contributed by atoms with Gasteiger partial charge < -0.3 is 20.1 Å². The van der Waals surface area contributed by atoms with Crippen LogP contribution in [0, 0.1) is 6.92 Å². The van der Waals surface area contributed by atoms with Gasteiger partial charge in [-0.2, -0.15) is 0 Å². The highest BCUT2D eigenvalue weighted by Gasteiger charge is 2.16. The van der Waals surface area contributed by atoms with E-state index < -0.39 is 0 Å². The number of benzene rings is 2. The van der Waals surface area contributed by atoms with Gasteiger partial charge in [-0.25, -0.2) is 4.98 Å². The molecule has 2 aromatic heterocycles. The van der Waals surface area contributed by atoms with E-state index in [1.54, 1.807) is 14.2 Å². The summed E-state index contributed by atoms with van der Waals surface area (Å²) in [4.78, 5) is 16.8. The van der Waals surface area contributed by atoms with Crippen molar-refractivity contribution in [3.8, 4) is 11.5 Å². The molecule has 0 aliphatic heterocycles. The van der Waals surface area contributed by atoms with E-state index in [0.29, 0.717) is 42.5 Å². The second kappa shape index (κ2) is 10.2. The highest BCUT2D eigenvalue weighted by Crippen LogP contribution is 2.33. The largest absolute Gasteiger partial charge is 0.493 e. The molecule has 0 fully saturated rings. The minimum atomic E-state index is 0.0548. The minimum absolute atomic E-state index is 0.0548. The first-order valence-electron chi connectivity index (χ1n) is 10.9. The Morgan fingerprint density at radius 2 is 1.79 bits per heavy atom. The number of fused-ring (bicyclic) bond motifs is 3. The zero-order valence-electron chi connectivity index (χ0n) is 19.1. The fourth-order valence-electron chi connectivity index (χ4n) is 3.72. The molecule has 33 heavy (non-hydrogen) atoms. The summed E-state index contributed by atoms with van der Waals surface area (Å²) in [6.07, 6.45) is 2.08. The van der Waals surface area contributed by atoms with Crippen LogP contribution in [0.2, 0.25) is 0 Å². The van der Waals surface area contributed by atoms with Gasteiger partial charge in [0, 0.05) is 31.6 Å². The SMILES string of the molecule is COc1cc2nc(NCCCCC(=O)NCc3ccccc3)c3nnc(C)n3c2cc1OC. The monoisotopic (exact) mass is 448 g/mol. The van der Waals surface area contributed by atoms with E-state index in [4.69, 9.17) is 14.5 Å². The summed E-state index contributed by atoms with van der Waals surface area (Å²) in [7, 11) is 3.20. The molecule has 2 aromatic carbocycles. The normalized spacial score (nSPS) is 11.0. The number of aromatic nitrogens is 4. The molecule has 0 atom stereocenters. The second-order valence-corrected chi connectivity index (χ2v) is 7.71. The number of hydrogen-bond donors (Lipinski definition) is 2. The topological polar surface area (TPSA) is 103 Å². The summed E-state index contributed by atoms with van der Waals surface area (Å²) in [6, 6.07) is 13.6. The van der Waals surface area contributed by atoms with E-state index in [1.165, 1.54) is 0 Å². The van der Waals surface area contributed by atoms with Crippen LogP contribution < -0.4 is 20.1 Å². The number of aryl methyl sites for hydroxylation is 1. The van der Waals surface area contributed by atoms with Gasteiger partial charge in [-0.15, -0.1) is 10.2 Å². The van der Waals surface area contributed by atoms with Gasteiger partial charge in [-0.1, -0.05) is 30.3 Å². The maximum absolute atomic E-state index is 12.1. The molecule has 4 aromatic rings. The smallest absolute Gasteiger partial charge is 0.220 e. The summed E-state index contributed by atoms with van der Waals surface area (Å²) in [5.41, 5.74) is 3.32. The molecule has 2 N–H and O–H groups in total. The predicted molar refractivity (Wildman–Crippen MR) is 127 cm³/mol. The van der Waals surface area contributed by atoms with Gasteiger partial charge in [-0.05, 0) is 25.3 Å². The van der Waals surface area contributed by atoms with Gasteiger partial charge in [0.2, 0.25) is 11.6 Å². The Balaban J connectivity index is 1.38. The molecule has 4 rings (SSSR count). The van der Waals surface area contributed by atoms with Crippen molar-refractivity contribution < 1.29 is 14.3 Å². The van der Waals surface area contributed by atoms with Gasteiger partial charge in [0.05, 0.1) is 25.3 Å². The zero-order chi connectivity index (χ0) is 23.2. The number of nitrogens with zero attached hydrogens (tertiary/aromatic N) is 4. The van der Waals surface area contributed by atoms with Gasteiger partial charge in [-0.3, -0.25) is 9.20 Å². The molecule has 0 bridgehead atoms. The average Bonchev–Trinajstić information content (AvgIpc) is 3.24. The number of ether oxygens (including phenoxy) is 2. The van der Waals surface area contributed by atoms with Crippen molar-refractivity contribution in [1.29, 1.82) is 0 Å². The summed E-state index contributed by atoms with van der Waals surface area (Å²) >= 11 is 0. The molecular weight excluding hydrogens is 420 g/mol. The van der Waals surface area contributed by atoms with Crippen molar-refractivity contribution in [2.45, 2.75) is 32.7 Å². The molecule has 0 saturated heterocycles. The van der Waals surface area contributed by atoms with Crippen molar-refractivity contribution >= 4 is 28.4 Å². The van der Waals surface area contributed by atoms with Gasteiger partial charge in [0.25, 0.3) is 0 Å². The average molecular weight is 449 g/mol. The first-order valence-corrected chi connectivity index (χ1v) is 10.9. The number of carbonyl (C=O) groups excluding carboxylic acids is 1. The molecule has 0 saturated carbocycles. The van der Waals surface area contributed by atoms with Crippen LogP contribution in [0.4, 0.5) is 5.82 Å². The lowest BCUT2D eigenvalue weighted by Gasteiger charge is -2.13. The van der Waals surface area contributed by atoms with E-state index in [2.05, 4.69) is 20.8 Å². The van der Waals surface area contributed by atoms with Crippen molar-refractivity contribution in [3.05, 3.63) is 53.9 Å². The maximum atomic E-state index is 12.1. The number of carbonyl (C=O) groups is 1. The first kappa shape index (κ1) is 22.3. The second-order valence-electron chi connectivity index (χ2n) is 7.71. The predicted octanol–water partition coefficient (Wildman–Crippen LogP) is 3.50. The summed E-state index contributed by atoms with van der Waals surface area (Å²) < 4.78 is 12.8. The van der Waals surface area contributed by atoms with Crippen molar-refractivity contribution in [2.24, 2.45) is 0 Å². The van der Waals surface area contributed by atoms with Crippen molar-refractivity contribution in [1.82, 2.24) is 24.9 Å². The van der Waals surface area contributed by atoms with Crippen LogP contribution in [0.25, 0.3) is 16.7 Å². The van der Waals surface area contributed by atoms with E-state index >= 15 is 0 Å². The molecule has 2 heterocycles. The third kappa shape index (κ3) is 4.97. The number of rotatable bonds is 10. The number of anilines is 1. The summed E-state index contributed by atoms with van der Waals surface area (Å²) in [6.45, 7) is 3.12. The molecule has 9 nitrogen and oxygen atoms in total. The van der Waals surface area contributed by atoms with Crippen LogP contribution in [0.5, 0.6) is 11.5 Å². The lowest BCUT2D eigenvalue weighted by Crippen LogP contribution is -2.22. The van der Waals surface area contributed by atoms with E-state index in [9.17, 15) is 4.79 Å². The van der Waals surface area contributed by atoms with Crippen LogP contribution in [0.3, 0.4) is 0 Å². The van der Waals surface area contributed by atoms with E-state index in [-0.39, 0.29) is 5.91 Å². The van der Waals surface area contributed by atoms with Crippen molar-refractivity contribution in [3.63, 3.8) is 0 Å². The van der Waals surface area contributed by atoms with Crippen LogP contribution in [-0.4, -0.2) is 46.3 Å². The van der Waals surface area contributed by atoms with Crippen molar-refractivity contribution in [2.75, 3.05) is 26.1 Å². The Hall–Kier alpha value is -3.88. The van der Waals surface area contributed by atoms with Gasteiger partial charge in [0.15, 0.2) is 17.3 Å². The zero-order valence-corrected chi connectivity index (χ0v) is 19.1. The molecule has 0 radical (unpaired) electrons. The summed E-state index contributed by atoms with van der Waals surface area (Å²) in [5, 5.41) is 14.8. The molecule has 1 amide bonds. The quantitative estimate of drug-likeness (QED) is 0.358. The Morgan fingerprint density at radius 3 is 2.55 bits per heavy atom. The number of methoxy groups -OCH3 is 2. The third-order valence-corrected chi connectivity index (χ3v) is 5.45. The lowest BCUT2D eigenvalue weighted by atomic mass is 10.2. The number of amides is 1. The highest BCUT2D eigenvalue weighted by molar-refractivity contribution is 5.85. The van der Waals surface area contributed by atoms with Crippen LogP contribution in [0.15, 0.2) is 42.5 Å². The van der Waals surface area contributed by atoms with Crippen LogP contribution in [0.1, 0.15) is 30.7 Å². The Morgan fingerprint density at radius 1 is 1.03 bits per heavy atom. The molecular formula is C24H28N6O3. The Kier molecular flexibility index (Phi) is 6.87. The van der Waals surface area contributed by atoms with Gasteiger partial charge >= 0.3 is 0 Å². The number of nitrogens with one attached hydrogen (secondary N) is 2. The standard InChI is InChI=1S/C24H28N6O3/c1-16-28-29-24-23(27-18-13-20(32-2)21(33-3)14-19(18)30(16)24)25-12-8-7-11-22(31)26-15-17-9-5-4-6-10-17/h4-6,9-10,13-14H,7-8,11-12,15H2,1-3H3,(H,25,27)(H,26,31). The minimum Gasteiger partial charge on any atom is -0.493 e. The molecule has 172 valence electrons. The van der Waals surface area contributed by atoms with Gasteiger partial charge in [0.1, 0.15) is 5.82 Å². The maximum Gasteiger partial charge on any atom is 0.220 e. The molecule has 9 heteroatoms. The fraction of sp³-hybridized carbons (Fsp3) is 0.333. The van der Waals surface area contributed by atoms with E-state index in [0.717, 1.165) is 35.3 Å².